The predicted molar refractivity (Wildman–Crippen MR) is 178 cm³/mol. The monoisotopic (exact) mass is 592 g/mol. The Morgan fingerprint density at radius 1 is 0.600 bits per heavy atom. The van der Waals surface area contributed by atoms with Crippen LogP contribution in [0.3, 0.4) is 0 Å². The largest absolute Gasteiger partial charge is 0.456 e. The average molecular weight is 593 g/mol. The zero-order valence-electron chi connectivity index (χ0n) is 23.7. The number of fused-ring (bicyclic) bond motifs is 11. The van der Waals surface area contributed by atoms with Crippen LogP contribution in [0.2, 0.25) is 0 Å². The molecule has 5 aromatic carbocycles. The molecule has 206 valence electrons. The van der Waals surface area contributed by atoms with E-state index in [0.29, 0.717) is 0 Å². The maximum Gasteiger partial charge on any atom is 0.318 e. The Morgan fingerprint density at radius 2 is 1.42 bits per heavy atom. The Morgan fingerprint density at radius 3 is 2.38 bits per heavy atom. The summed E-state index contributed by atoms with van der Waals surface area (Å²) < 4.78 is 19.4. The lowest BCUT2D eigenvalue weighted by atomic mass is 9.83. The van der Waals surface area contributed by atoms with Gasteiger partial charge in [-0.15, -0.1) is 11.3 Å². The first-order valence-electron chi connectivity index (χ1n) is 15.4. The van der Waals surface area contributed by atoms with E-state index in [-0.39, 0.29) is 0 Å². The fraction of sp³-hybridized carbons (Fsp3) is 0.0256. The van der Waals surface area contributed by atoms with E-state index in [1.165, 1.54) is 80.4 Å². The highest BCUT2D eigenvalue weighted by molar-refractivity contribution is 7.25. The zero-order chi connectivity index (χ0) is 28.8. The third-order valence-electron chi connectivity index (χ3n) is 10.7. The number of aromatic nitrogens is 4. The molecular weight excluding hydrogens is 573 g/mol. The van der Waals surface area contributed by atoms with Gasteiger partial charge in [0.05, 0.1) is 11.6 Å². The molecule has 1 unspecified atom stereocenters. The number of hydrogen-bond donors (Lipinski definition) is 0. The zero-order valence-corrected chi connectivity index (χ0v) is 24.5. The highest BCUT2D eigenvalue weighted by atomic mass is 32.1. The summed E-state index contributed by atoms with van der Waals surface area (Å²) in [5.74, 6) is 2.99. The molecule has 3 aliphatic heterocycles. The van der Waals surface area contributed by atoms with E-state index in [0.717, 1.165) is 17.3 Å². The molecule has 1 atom stereocenters. The van der Waals surface area contributed by atoms with Gasteiger partial charge in [0.25, 0.3) is 11.5 Å². The number of nitrogens with zero attached hydrogens (tertiary/aromatic N) is 4. The molecule has 45 heavy (non-hydrogen) atoms. The van der Waals surface area contributed by atoms with Crippen LogP contribution in [0.15, 0.2) is 122 Å². The first-order valence-corrected chi connectivity index (χ1v) is 16.2. The molecule has 0 amide bonds. The number of thiophene rings is 1. The van der Waals surface area contributed by atoms with Gasteiger partial charge in [0, 0.05) is 53.8 Å². The number of benzene rings is 5. The standard InChI is InChI=1S/C39H20N4OS/c1-3-9-27-21(7-1)24-13-15-30-36-37(24)43(27)33-11-5-6-16-41(33)39(36)35-29(44-30)14-12-23-25-19-26-22-8-2-4-10-31(22)45-32(26)20-28(25)40-17-18-42(39)38(40)34(23)35/h1-20H/q+2. The van der Waals surface area contributed by atoms with Crippen molar-refractivity contribution in [2.75, 3.05) is 0 Å². The molecule has 0 bridgehead atoms. The third-order valence-corrected chi connectivity index (χ3v) is 11.9. The summed E-state index contributed by atoms with van der Waals surface area (Å²) in [6, 6.07) is 37.9. The van der Waals surface area contributed by atoms with Gasteiger partial charge in [0.2, 0.25) is 0 Å². The van der Waals surface area contributed by atoms with E-state index in [2.05, 4.69) is 140 Å². The maximum atomic E-state index is 6.92. The number of ether oxygens (including phenoxy) is 1. The SMILES string of the molecule is c1cc[n+]2c(c1)-n1c3ccccc3c3ccc4c(c31)C21c2c(ccc3c5cc6c(cc5n5cc[n+]1c5c23)sc1ccccc16)O4. The van der Waals surface area contributed by atoms with Crippen molar-refractivity contribution in [2.24, 2.45) is 0 Å². The summed E-state index contributed by atoms with van der Waals surface area (Å²) in [7, 11) is 0. The Balaban J connectivity index is 1.30. The van der Waals surface area contributed by atoms with Gasteiger partial charge >= 0.3 is 5.66 Å². The van der Waals surface area contributed by atoms with Crippen LogP contribution in [0.1, 0.15) is 11.1 Å². The quantitative estimate of drug-likeness (QED) is 0.129. The van der Waals surface area contributed by atoms with E-state index in [1.54, 1.807) is 0 Å². The average Bonchev–Trinajstić information content (AvgIpc) is 3.84. The van der Waals surface area contributed by atoms with Crippen molar-refractivity contribution in [2.45, 2.75) is 5.66 Å². The molecule has 0 radical (unpaired) electrons. The summed E-state index contributed by atoms with van der Waals surface area (Å²) in [6.45, 7) is 0. The second kappa shape index (κ2) is 6.83. The fourth-order valence-electron chi connectivity index (χ4n) is 9.16. The van der Waals surface area contributed by atoms with Crippen molar-refractivity contribution in [1.82, 2.24) is 8.97 Å². The van der Waals surface area contributed by atoms with Crippen molar-refractivity contribution in [1.29, 1.82) is 0 Å². The molecule has 0 saturated carbocycles. The van der Waals surface area contributed by atoms with Crippen molar-refractivity contribution in [3.63, 3.8) is 0 Å². The van der Waals surface area contributed by atoms with Crippen LogP contribution < -0.4 is 13.9 Å². The van der Waals surface area contributed by atoms with Gasteiger partial charge in [-0.05, 0) is 54.6 Å². The summed E-state index contributed by atoms with van der Waals surface area (Å²) in [6.07, 6.45) is 6.82. The van der Waals surface area contributed by atoms with Crippen molar-refractivity contribution in [3.05, 3.63) is 133 Å². The molecule has 0 fully saturated rings. The lowest BCUT2D eigenvalue weighted by Gasteiger charge is -2.36. The second-order valence-electron chi connectivity index (χ2n) is 12.6. The van der Waals surface area contributed by atoms with Gasteiger partial charge in [-0.25, -0.2) is 0 Å². The van der Waals surface area contributed by atoms with Crippen molar-refractivity contribution >= 4 is 80.6 Å². The predicted octanol–water partition coefficient (Wildman–Crippen LogP) is 8.32. The third kappa shape index (κ3) is 2.12. The van der Waals surface area contributed by atoms with Gasteiger partial charge in [0.15, 0.2) is 5.52 Å². The van der Waals surface area contributed by atoms with Crippen LogP contribution in [0.25, 0.3) is 75.1 Å². The summed E-state index contributed by atoms with van der Waals surface area (Å²) in [5, 5.41) is 8.95. The van der Waals surface area contributed by atoms with Crippen LogP contribution in [-0.4, -0.2) is 8.97 Å². The van der Waals surface area contributed by atoms with Crippen molar-refractivity contribution in [3.8, 4) is 17.3 Å². The molecular formula is C39H20N4OS+2. The van der Waals surface area contributed by atoms with Crippen LogP contribution in [0.4, 0.5) is 0 Å². The Bertz CT molecular complexity index is 3090. The summed E-state index contributed by atoms with van der Waals surface area (Å²) in [5.41, 5.74) is 6.65. The molecule has 6 heteroatoms. The van der Waals surface area contributed by atoms with Gasteiger partial charge < -0.3 is 4.74 Å². The van der Waals surface area contributed by atoms with Crippen molar-refractivity contribution < 1.29 is 13.9 Å². The van der Waals surface area contributed by atoms with Gasteiger partial charge in [-0.3, -0.25) is 0 Å². The molecule has 5 aromatic heterocycles. The first kappa shape index (κ1) is 21.9. The highest BCUT2D eigenvalue weighted by Gasteiger charge is 2.64. The Kier molecular flexibility index (Phi) is 3.32. The molecule has 8 heterocycles. The molecule has 13 rings (SSSR count). The molecule has 0 saturated heterocycles. The van der Waals surface area contributed by atoms with Gasteiger partial charge in [-0.2, -0.15) is 18.1 Å². The molecule has 0 aliphatic carbocycles. The van der Waals surface area contributed by atoms with Gasteiger partial charge in [-0.1, -0.05) is 36.4 Å². The minimum Gasteiger partial charge on any atom is -0.456 e. The Labute approximate surface area is 258 Å². The number of pyridine rings is 2. The minimum absolute atomic E-state index is 0.637. The highest BCUT2D eigenvalue weighted by Crippen LogP contribution is 2.57. The molecule has 0 N–H and O–H groups in total. The van der Waals surface area contributed by atoms with Crippen LogP contribution >= 0.6 is 11.3 Å². The van der Waals surface area contributed by atoms with E-state index in [1.807, 2.05) is 11.3 Å². The number of hydrogen-bond acceptors (Lipinski definition) is 2. The molecule has 5 nitrogen and oxygen atoms in total. The van der Waals surface area contributed by atoms with Crippen LogP contribution in [0.5, 0.6) is 11.5 Å². The number of para-hydroxylation sites is 1. The summed E-state index contributed by atoms with van der Waals surface area (Å²) >= 11 is 1.88. The number of rotatable bonds is 0. The Hall–Kier alpha value is -5.72. The maximum absolute atomic E-state index is 6.92. The number of imidazole rings is 1. The minimum atomic E-state index is -0.637. The van der Waals surface area contributed by atoms with Crippen LogP contribution in [-0.2, 0) is 5.66 Å². The summed E-state index contributed by atoms with van der Waals surface area (Å²) in [4.78, 5) is 0. The molecule has 10 aromatic rings. The fourth-order valence-corrected chi connectivity index (χ4v) is 10.3. The lowest BCUT2D eigenvalue weighted by molar-refractivity contribution is -0.956. The first-order chi connectivity index (χ1) is 22.3. The topological polar surface area (TPSA) is 26.3 Å². The lowest BCUT2D eigenvalue weighted by Crippen LogP contribution is -2.75. The van der Waals surface area contributed by atoms with Crippen LogP contribution in [0, 0.1) is 0 Å². The van der Waals surface area contributed by atoms with E-state index < -0.39 is 5.66 Å². The molecule has 1 spiro atoms. The normalized spacial score (nSPS) is 17.2. The molecule has 3 aliphatic rings. The van der Waals surface area contributed by atoms with E-state index >= 15 is 0 Å². The smallest absolute Gasteiger partial charge is 0.318 e. The van der Waals surface area contributed by atoms with Gasteiger partial charge in [0.1, 0.15) is 46.1 Å². The van der Waals surface area contributed by atoms with E-state index in [4.69, 9.17) is 4.74 Å². The van der Waals surface area contributed by atoms with E-state index in [9.17, 15) is 0 Å². The second-order valence-corrected chi connectivity index (χ2v) is 13.7.